The fraction of sp³-hybridized carbons (Fsp3) is 1.00. The van der Waals surface area contributed by atoms with Gasteiger partial charge in [-0.25, -0.2) is 0 Å². The van der Waals surface area contributed by atoms with Crippen LogP contribution in [0.5, 0.6) is 0 Å². The van der Waals surface area contributed by atoms with E-state index >= 15 is 0 Å². The topological polar surface area (TPSA) is 268 Å². The van der Waals surface area contributed by atoms with Gasteiger partial charge in [-0.1, -0.05) is 0 Å². The predicted octanol–water partition coefficient (Wildman–Crippen LogP) is -6.30. The normalized spacial score (nSPS) is 55.0. The molecule has 3 aliphatic rings. The van der Waals surface area contributed by atoms with Gasteiger partial charge >= 0.3 is 0 Å². The summed E-state index contributed by atoms with van der Waals surface area (Å²) in [5.74, 6) is 0. The monoisotopic (exact) mass is 467 g/mol. The van der Waals surface area contributed by atoms with Gasteiger partial charge in [-0.3, -0.25) is 0 Å². The van der Waals surface area contributed by atoms with Crippen LogP contribution < -0.4 is 28.7 Å². The van der Waals surface area contributed by atoms with E-state index in [1.807, 2.05) is 0 Å². The Hall–Kier alpha value is -0.560. The van der Waals surface area contributed by atoms with Crippen molar-refractivity contribution in [1.82, 2.24) is 0 Å². The first-order valence-electron chi connectivity index (χ1n) is 10.7. The van der Waals surface area contributed by atoms with Gasteiger partial charge in [0, 0.05) is 18.6 Å². The summed E-state index contributed by atoms with van der Waals surface area (Å²) >= 11 is 0. The standard InChI is InChI=1S/C18H37N5O9/c1-4-8(22)11(25)13(27)18(29-4)32-16-6(21)2-5(20)15(14(16)28)31-17-9(23)12(26)10(24)7(3-19)30-17/h4-18,24-28H,2-3,19-23H2,1H3/t4-,5+,6-,7-,8+,9-,10-,11+,12-,13-,14+,15-,16+,17-,18-/m1/s1. The third-order valence-corrected chi connectivity index (χ3v) is 6.54. The van der Waals surface area contributed by atoms with E-state index in [1.165, 1.54) is 0 Å². The Kier molecular flexibility index (Phi) is 8.44. The Morgan fingerprint density at radius 3 is 1.81 bits per heavy atom. The Balaban J connectivity index is 1.71. The van der Waals surface area contributed by atoms with E-state index in [0.717, 1.165) is 0 Å². The SMILES string of the molecule is C[C@H]1O[C@H](O[C@@H]2[C@@H](O)[C@H](O[C@H]3O[C@H](CN)[C@@H](O)[C@H](O)[C@H]3N)[C@@H](N)C[C@H]2N)[C@H](O)[C@@H](O)[C@H]1N. The van der Waals surface area contributed by atoms with Gasteiger partial charge in [0.25, 0.3) is 0 Å². The lowest BCUT2D eigenvalue weighted by Gasteiger charge is -2.48. The number of aliphatic hydroxyl groups is 5. The van der Waals surface area contributed by atoms with Crippen molar-refractivity contribution >= 4 is 0 Å². The van der Waals surface area contributed by atoms with Crippen molar-refractivity contribution in [1.29, 1.82) is 0 Å². The van der Waals surface area contributed by atoms with Crippen LogP contribution in [0.15, 0.2) is 0 Å². The first-order valence-corrected chi connectivity index (χ1v) is 10.7. The third-order valence-electron chi connectivity index (χ3n) is 6.54. The fourth-order valence-electron chi connectivity index (χ4n) is 4.38. The predicted molar refractivity (Wildman–Crippen MR) is 108 cm³/mol. The highest BCUT2D eigenvalue weighted by atomic mass is 16.7. The van der Waals surface area contributed by atoms with Crippen LogP contribution >= 0.6 is 0 Å². The van der Waals surface area contributed by atoms with Crippen LogP contribution in [0.3, 0.4) is 0 Å². The average molecular weight is 468 g/mol. The maximum Gasteiger partial charge on any atom is 0.186 e. The summed E-state index contributed by atoms with van der Waals surface area (Å²) in [7, 11) is 0. The summed E-state index contributed by atoms with van der Waals surface area (Å²) < 4.78 is 22.7. The van der Waals surface area contributed by atoms with Crippen LogP contribution in [0.2, 0.25) is 0 Å². The van der Waals surface area contributed by atoms with Crippen molar-refractivity contribution < 1.29 is 44.5 Å². The van der Waals surface area contributed by atoms with Crippen molar-refractivity contribution in [2.75, 3.05) is 6.54 Å². The van der Waals surface area contributed by atoms with Crippen molar-refractivity contribution in [3.63, 3.8) is 0 Å². The van der Waals surface area contributed by atoms with E-state index < -0.39 is 91.7 Å². The summed E-state index contributed by atoms with van der Waals surface area (Å²) in [5.41, 5.74) is 29.6. The molecule has 0 unspecified atom stereocenters. The zero-order chi connectivity index (χ0) is 23.9. The lowest BCUT2D eigenvalue weighted by molar-refractivity contribution is -0.316. The van der Waals surface area contributed by atoms with Crippen LogP contribution in [0, 0.1) is 0 Å². The second-order valence-corrected chi connectivity index (χ2v) is 8.86. The Morgan fingerprint density at radius 1 is 0.719 bits per heavy atom. The molecule has 15 N–H and O–H groups in total. The maximum atomic E-state index is 11.0. The first kappa shape index (κ1) is 26.1. The zero-order valence-electron chi connectivity index (χ0n) is 17.8. The molecule has 2 heterocycles. The van der Waals surface area contributed by atoms with E-state index in [4.69, 9.17) is 47.6 Å². The summed E-state index contributed by atoms with van der Waals surface area (Å²) in [6.07, 6.45) is -12.9. The van der Waals surface area contributed by atoms with Crippen molar-refractivity contribution in [2.45, 2.75) is 105 Å². The average Bonchev–Trinajstić information content (AvgIpc) is 2.75. The van der Waals surface area contributed by atoms with Gasteiger partial charge in [-0.15, -0.1) is 0 Å². The molecule has 15 atom stereocenters. The highest BCUT2D eigenvalue weighted by Crippen LogP contribution is 2.30. The quantitative estimate of drug-likeness (QED) is 0.180. The van der Waals surface area contributed by atoms with Gasteiger partial charge in [0.15, 0.2) is 12.6 Å². The molecule has 0 aromatic rings. The van der Waals surface area contributed by atoms with Gasteiger partial charge in [0.05, 0.1) is 18.2 Å². The van der Waals surface area contributed by atoms with E-state index in [9.17, 15) is 25.5 Å². The van der Waals surface area contributed by atoms with Gasteiger partial charge in [0.2, 0.25) is 0 Å². The number of aliphatic hydroxyl groups excluding tert-OH is 5. The number of hydrogen-bond acceptors (Lipinski definition) is 14. The van der Waals surface area contributed by atoms with Crippen LogP contribution in [-0.4, -0.2) is 124 Å². The molecule has 188 valence electrons. The lowest BCUT2D eigenvalue weighted by Crippen LogP contribution is -2.69. The molecule has 0 aromatic heterocycles. The smallest absolute Gasteiger partial charge is 0.186 e. The molecular weight excluding hydrogens is 430 g/mol. The van der Waals surface area contributed by atoms with E-state index in [-0.39, 0.29) is 13.0 Å². The second kappa shape index (κ2) is 10.4. The minimum Gasteiger partial charge on any atom is -0.388 e. The molecule has 0 amide bonds. The van der Waals surface area contributed by atoms with Crippen molar-refractivity contribution in [3.05, 3.63) is 0 Å². The number of ether oxygens (including phenoxy) is 4. The molecular formula is C18H37N5O9. The Labute approximate surface area is 185 Å². The largest absolute Gasteiger partial charge is 0.388 e. The molecule has 2 aliphatic heterocycles. The Bertz CT molecular complexity index is 621. The minimum absolute atomic E-state index is 0.0970. The highest BCUT2D eigenvalue weighted by molar-refractivity contribution is 5.01. The molecule has 1 saturated carbocycles. The van der Waals surface area contributed by atoms with Crippen molar-refractivity contribution in [3.8, 4) is 0 Å². The van der Waals surface area contributed by atoms with E-state index in [1.54, 1.807) is 6.92 Å². The van der Waals surface area contributed by atoms with Crippen LogP contribution in [0.4, 0.5) is 0 Å². The zero-order valence-corrected chi connectivity index (χ0v) is 17.8. The molecule has 0 radical (unpaired) electrons. The van der Waals surface area contributed by atoms with Gasteiger partial charge in [0.1, 0.15) is 48.8 Å². The van der Waals surface area contributed by atoms with E-state index in [2.05, 4.69) is 0 Å². The van der Waals surface area contributed by atoms with Gasteiger partial charge in [-0.05, 0) is 13.3 Å². The Morgan fingerprint density at radius 2 is 1.25 bits per heavy atom. The number of rotatable bonds is 5. The summed E-state index contributed by atoms with van der Waals surface area (Å²) in [5, 5.41) is 51.6. The summed E-state index contributed by atoms with van der Waals surface area (Å²) in [6.45, 7) is 1.52. The molecule has 0 aromatic carbocycles. The van der Waals surface area contributed by atoms with Crippen molar-refractivity contribution in [2.24, 2.45) is 28.7 Å². The molecule has 0 spiro atoms. The molecule has 0 bridgehead atoms. The molecule has 1 aliphatic carbocycles. The number of nitrogens with two attached hydrogens (primary N) is 5. The second-order valence-electron chi connectivity index (χ2n) is 8.86. The van der Waals surface area contributed by atoms with E-state index in [0.29, 0.717) is 0 Å². The van der Waals surface area contributed by atoms with Crippen LogP contribution in [-0.2, 0) is 18.9 Å². The molecule has 3 fully saturated rings. The fourth-order valence-corrected chi connectivity index (χ4v) is 4.38. The maximum absolute atomic E-state index is 11.0. The van der Waals surface area contributed by atoms with Crippen LogP contribution in [0.1, 0.15) is 13.3 Å². The molecule has 14 heteroatoms. The summed E-state index contributed by atoms with van der Waals surface area (Å²) in [4.78, 5) is 0. The first-order chi connectivity index (χ1) is 15.0. The summed E-state index contributed by atoms with van der Waals surface area (Å²) in [6, 6.07) is -3.44. The minimum atomic E-state index is -1.47. The van der Waals surface area contributed by atoms with Crippen LogP contribution in [0.25, 0.3) is 0 Å². The lowest BCUT2D eigenvalue weighted by atomic mass is 9.84. The molecule has 14 nitrogen and oxygen atoms in total. The molecule has 2 saturated heterocycles. The number of hydrogen-bond donors (Lipinski definition) is 10. The highest BCUT2D eigenvalue weighted by Gasteiger charge is 2.50. The molecule has 3 rings (SSSR count). The van der Waals surface area contributed by atoms with Gasteiger partial charge < -0.3 is 73.1 Å². The van der Waals surface area contributed by atoms with Gasteiger partial charge in [-0.2, -0.15) is 0 Å². The molecule has 32 heavy (non-hydrogen) atoms. The third kappa shape index (κ3) is 4.94.